The van der Waals surface area contributed by atoms with Gasteiger partial charge in [0.1, 0.15) is 5.78 Å². The summed E-state index contributed by atoms with van der Waals surface area (Å²) < 4.78 is 0. The van der Waals surface area contributed by atoms with Crippen molar-refractivity contribution in [1.82, 2.24) is 15.5 Å². The number of rotatable bonds is 4. The first-order valence-corrected chi connectivity index (χ1v) is 4.42. The van der Waals surface area contributed by atoms with E-state index in [9.17, 15) is 4.79 Å². The van der Waals surface area contributed by atoms with E-state index in [0.29, 0.717) is 6.54 Å². The summed E-state index contributed by atoms with van der Waals surface area (Å²) >= 11 is 0. The summed E-state index contributed by atoms with van der Waals surface area (Å²) in [6.07, 6.45) is 0. The molecule has 1 aliphatic rings. The van der Waals surface area contributed by atoms with E-state index in [-0.39, 0.29) is 5.78 Å². The number of ketones is 1. The third-order valence-electron chi connectivity index (χ3n) is 1.92. The molecule has 0 saturated carbocycles. The lowest BCUT2D eigenvalue weighted by atomic mass is 10.4. The van der Waals surface area contributed by atoms with Crippen LogP contribution in [0.1, 0.15) is 6.92 Å². The fourth-order valence-corrected chi connectivity index (χ4v) is 1.26. The molecule has 0 aromatic rings. The molecule has 2 N–H and O–H groups in total. The molecule has 0 aliphatic carbocycles. The van der Waals surface area contributed by atoms with E-state index < -0.39 is 0 Å². The van der Waals surface area contributed by atoms with Crippen LogP contribution in [0.4, 0.5) is 0 Å². The zero-order chi connectivity index (χ0) is 8.81. The highest BCUT2D eigenvalue weighted by molar-refractivity contribution is 5.77. The molecule has 1 heterocycles. The van der Waals surface area contributed by atoms with E-state index in [0.717, 1.165) is 32.8 Å². The standard InChI is InChI=1S/C8H17N3O/c1-8(12)6-10-7-11-4-2-9-3-5-11/h9-10H,2-7H2,1H3. The summed E-state index contributed by atoms with van der Waals surface area (Å²) in [4.78, 5) is 12.9. The van der Waals surface area contributed by atoms with Gasteiger partial charge in [0.15, 0.2) is 0 Å². The summed E-state index contributed by atoms with van der Waals surface area (Å²) in [5.74, 6) is 0.199. The Kier molecular flexibility index (Phi) is 4.21. The maximum absolute atomic E-state index is 10.6. The summed E-state index contributed by atoms with van der Waals surface area (Å²) in [5, 5.41) is 6.38. The van der Waals surface area contributed by atoms with Gasteiger partial charge in [-0.15, -0.1) is 0 Å². The maximum atomic E-state index is 10.6. The third kappa shape index (κ3) is 3.80. The zero-order valence-electron chi connectivity index (χ0n) is 7.60. The molecule has 0 atom stereocenters. The Labute approximate surface area is 73.3 Å². The van der Waals surface area contributed by atoms with E-state index in [2.05, 4.69) is 15.5 Å². The fourth-order valence-electron chi connectivity index (χ4n) is 1.26. The van der Waals surface area contributed by atoms with Gasteiger partial charge in [-0.3, -0.25) is 15.0 Å². The second kappa shape index (κ2) is 5.24. The molecular weight excluding hydrogens is 154 g/mol. The van der Waals surface area contributed by atoms with Crippen LogP contribution >= 0.6 is 0 Å². The van der Waals surface area contributed by atoms with Gasteiger partial charge >= 0.3 is 0 Å². The lowest BCUT2D eigenvalue weighted by Crippen LogP contribution is -2.47. The molecule has 0 aromatic carbocycles. The van der Waals surface area contributed by atoms with E-state index in [1.807, 2.05) is 0 Å². The predicted molar refractivity (Wildman–Crippen MR) is 48.0 cm³/mol. The largest absolute Gasteiger partial charge is 0.314 e. The molecule has 1 aliphatic heterocycles. The molecule has 4 nitrogen and oxygen atoms in total. The first-order valence-electron chi connectivity index (χ1n) is 4.42. The van der Waals surface area contributed by atoms with Crippen molar-refractivity contribution in [2.24, 2.45) is 0 Å². The number of nitrogens with one attached hydrogen (secondary N) is 2. The topological polar surface area (TPSA) is 44.4 Å². The number of hydrogen-bond donors (Lipinski definition) is 2. The van der Waals surface area contributed by atoms with E-state index in [1.54, 1.807) is 6.92 Å². The van der Waals surface area contributed by atoms with Gasteiger partial charge in [0.25, 0.3) is 0 Å². The van der Waals surface area contributed by atoms with Crippen LogP contribution in [-0.4, -0.2) is 50.1 Å². The molecule has 0 unspecified atom stereocenters. The van der Waals surface area contributed by atoms with Crippen molar-refractivity contribution in [3.8, 4) is 0 Å². The first kappa shape index (κ1) is 9.64. The molecule has 4 heteroatoms. The van der Waals surface area contributed by atoms with Crippen LogP contribution < -0.4 is 10.6 Å². The highest BCUT2D eigenvalue weighted by Crippen LogP contribution is 1.88. The van der Waals surface area contributed by atoms with Crippen molar-refractivity contribution < 1.29 is 4.79 Å². The molecule has 1 saturated heterocycles. The predicted octanol–water partition coefficient (Wildman–Crippen LogP) is -0.972. The van der Waals surface area contributed by atoms with Crippen molar-refractivity contribution >= 4 is 5.78 Å². The molecule has 0 amide bonds. The van der Waals surface area contributed by atoms with Crippen LogP contribution in [0.3, 0.4) is 0 Å². The number of piperazine rings is 1. The Morgan fingerprint density at radius 3 is 2.75 bits per heavy atom. The van der Waals surface area contributed by atoms with Crippen LogP contribution in [0.25, 0.3) is 0 Å². The Morgan fingerprint density at radius 2 is 2.17 bits per heavy atom. The third-order valence-corrected chi connectivity index (χ3v) is 1.92. The Hall–Kier alpha value is -0.450. The zero-order valence-corrected chi connectivity index (χ0v) is 7.60. The minimum atomic E-state index is 0.199. The Bertz CT molecular complexity index is 143. The number of carbonyl (C=O) groups is 1. The van der Waals surface area contributed by atoms with Crippen LogP contribution in [0, 0.1) is 0 Å². The lowest BCUT2D eigenvalue weighted by Gasteiger charge is -2.27. The van der Waals surface area contributed by atoms with E-state index in [1.165, 1.54) is 0 Å². The second-order valence-corrected chi connectivity index (χ2v) is 3.15. The van der Waals surface area contributed by atoms with Gasteiger partial charge in [0.05, 0.1) is 6.54 Å². The SMILES string of the molecule is CC(=O)CNCN1CCNCC1. The van der Waals surface area contributed by atoms with Crippen molar-refractivity contribution in [3.05, 3.63) is 0 Å². The van der Waals surface area contributed by atoms with Crippen molar-refractivity contribution in [2.75, 3.05) is 39.4 Å². The number of hydrogen-bond acceptors (Lipinski definition) is 4. The van der Waals surface area contributed by atoms with Gasteiger partial charge in [-0.2, -0.15) is 0 Å². The minimum Gasteiger partial charge on any atom is -0.314 e. The summed E-state index contributed by atoms with van der Waals surface area (Å²) in [5.41, 5.74) is 0. The van der Waals surface area contributed by atoms with E-state index in [4.69, 9.17) is 0 Å². The Morgan fingerprint density at radius 1 is 1.50 bits per heavy atom. The highest BCUT2D eigenvalue weighted by atomic mass is 16.1. The van der Waals surface area contributed by atoms with Gasteiger partial charge < -0.3 is 5.32 Å². The van der Waals surface area contributed by atoms with Gasteiger partial charge in [-0.1, -0.05) is 0 Å². The van der Waals surface area contributed by atoms with Crippen LogP contribution in [0.15, 0.2) is 0 Å². The molecule has 0 aromatic heterocycles. The molecule has 1 rings (SSSR count). The van der Waals surface area contributed by atoms with Gasteiger partial charge in [-0.25, -0.2) is 0 Å². The Balaban J connectivity index is 2.01. The average Bonchev–Trinajstić information content (AvgIpc) is 2.05. The summed E-state index contributed by atoms with van der Waals surface area (Å²) in [7, 11) is 0. The van der Waals surface area contributed by atoms with Crippen molar-refractivity contribution in [2.45, 2.75) is 6.92 Å². The average molecular weight is 171 g/mol. The van der Waals surface area contributed by atoms with Crippen molar-refractivity contribution in [1.29, 1.82) is 0 Å². The lowest BCUT2D eigenvalue weighted by molar-refractivity contribution is -0.116. The monoisotopic (exact) mass is 171 g/mol. The normalized spacial score (nSPS) is 19.4. The maximum Gasteiger partial charge on any atom is 0.143 e. The summed E-state index contributed by atoms with van der Waals surface area (Å²) in [6, 6.07) is 0. The smallest absolute Gasteiger partial charge is 0.143 e. The number of nitrogens with zero attached hydrogens (tertiary/aromatic N) is 1. The fraction of sp³-hybridized carbons (Fsp3) is 0.875. The molecule has 0 bridgehead atoms. The van der Waals surface area contributed by atoms with Crippen LogP contribution in [-0.2, 0) is 4.79 Å². The van der Waals surface area contributed by atoms with E-state index >= 15 is 0 Å². The molecule has 70 valence electrons. The van der Waals surface area contributed by atoms with Crippen molar-refractivity contribution in [3.63, 3.8) is 0 Å². The van der Waals surface area contributed by atoms with Gasteiger partial charge in [0.2, 0.25) is 0 Å². The number of carbonyl (C=O) groups excluding carboxylic acids is 1. The molecular formula is C8H17N3O. The highest BCUT2D eigenvalue weighted by Gasteiger charge is 2.07. The molecule has 0 spiro atoms. The minimum absolute atomic E-state index is 0.199. The summed E-state index contributed by atoms with van der Waals surface area (Å²) in [6.45, 7) is 7.19. The first-order chi connectivity index (χ1) is 5.79. The number of Topliss-reactive ketones (excluding diaryl/α,β-unsaturated/α-hetero) is 1. The quantitative estimate of drug-likeness (QED) is 0.571. The molecule has 0 radical (unpaired) electrons. The van der Waals surface area contributed by atoms with Gasteiger partial charge in [-0.05, 0) is 6.92 Å². The molecule has 1 fully saturated rings. The van der Waals surface area contributed by atoms with Crippen LogP contribution in [0.2, 0.25) is 0 Å². The second-order valence-electron chi connectivity index (χ2n) is 3.15. The van der Waals surface area contributed by atoms with Crippen LogP contribution in [0.5, 0.6) is 0 Å². The van der Waals surface area contributed by atoms with Gasteiger partial charge in [0, 0.05) is 32.8 Å². The molecule has 12 heavy (non-hydrogen) atoms.